The molecule has 1 saturated heterocycles. The van der Waals surface area contributed by atoms with E-state index in [4.69, 9.17) is 0 Å². The highest BCUT2D eigenvalue weighted by Crippen LogP contribution is 2.42. The number of nitrogens with one attached hydrogen (secondary N) is 1. The summed E-state index contributed by atoms with van der Waals surface area (Å²) in [4.78, 5) is 0. The van der Waals surface area contributed by atoms with Gasteiger partial charge in [0.25, 0.3) is 0 Å². The predicted octanol–water partition coefficient (Wildman–Crippen LogP) is 2.24. The molecule has 0 spiro atoms. The highest BCUT2D eigenvalue weighted by molar-refractivity contribution is 5.18. The van der Waals surface area contributed by atoms with Crippen molar-refractivity contribution >= 4 is 0 Å². The predicted molar refractivity (Wildman–Crippen MR) is 60.4 cm³/mol. The van der Waals surface area contributed by atoms with Crippen LogP contribution in [-0.2, 0) is 0 Å². The number of rotatable bonds is 2. The van der Waals surface area contributed by atoms with E-state index < -0.39 is 5.92 Å². The summed E-state index contributed by atoms with van der Waals surface area (Å²) >= 11 is 0. The zero-order valence-electron chi connectivity index (χ0n) is 9.92. The standard InChI is InChI=1S/C12H17F2N3/c1-8-4-11(9-6-15-7-9)17(16-8)10-2-3-12(13,14)5-10/h4,9-10,15H,2-3,5-7H2,1H3. The Morgan fingerprint density at radius 3 is 2.76 bits per heavy atom. The fourth-order valence-electron chi connectivity index (χ4n) is 2.77. The fraction of sp³-hybridized carbons (Fsp3) is 0.750. The van der Waals surface area contributed by atoms with E-state index in [0.29, 0.717) is 12.3 Å². The summed E-state index contributed by atoms with van der Waals surface area (Å²) in [6, 6.07) is 1.93. The lowest BCUT2D eigenvalue weighted by Gasteiger charge is -2.29. The highest BCUT2D eigenvalue weighted by atomic mass is 19.3. The van der Waals surface area contributed by atoms with Crippen LogP contribution < -0.4 is 5.32 Å². The van der Waals surface area contributed by atoms with Gasteiger partial charge < -0.3 is 5.32 Å². The summed E-state index contributed by atoms with van der Waals surface area (Å²) in [7, 11) is 0. The van der Waals surface area contributed by atoms with Gasteiger partial charge in [-0.1, -0.05) is 0 Å². The molecule has 2 heterocycles. The average Bonchev–Trinajstić information content (AvgIpc) is 2.67. The number of nitrogens with zero attached hydrogens (tertiary/aromatic N) is 2. The van der Waals surface area contributed by atoms with Gasteiger partial charge in [0.15, 0.2) is 0 Å². The van der Waals surface area contributed by atoms with E-state index in [9.17, 15) is 8.78 Å². The summed E-state index contributed by atoms with van der Waals surface area (Å²) in [6.45, 7) is 3.81. The topological polar surface area (TPSA) is 29.9 Å². The average molecular weight is 241 g/mol. The summed E-state index contributed by atoms with van der Waals surface area (Å²) in [5.41, 5.74) is 2.06. The zero-order chi connectivity index (χ0) is 12.0. The minimum atomic E-state index is -2.50. The Balaban J connectivity index is 1.87. The number of hydrogen-bond donors (Lipinski definition) is 1. The number of hydrogen-bond acceptors (Lipinski definition) is 2. The Kier molecular flexibility index (Phi) is 2.47. The first kappa shape index (κ1) is 11.1. The number of aryl methyl sites for hydroxylation is 1. The van der Waals surface area contributed by atoms with E-state index in [0.717, 1.165) is 24.5 Å². The van der Waals surface area contributed by atoms with Crippen LogP contribution in [0.5, 0.6) is 0 Å². The maximum absolute atomic E-state index is 13.3. The highest BCUT2D eigenvalue weighted by Gasteiger charge is 2.41. The quantitative estimate of drug-likeness (QED) is 0.860. The molecule has 1 saturated carbocycles. The lowest BCUT2D eigenvalue weighted by Crippen LogP contribution is -2.41. The van der Waals surface area contributed by atoms with Crippen LogP contribution in [0.4, 0.5) is 8.78 Å². The van der Waals surface area contributed by atoms with Crippen LogP contribution in [0.25, 0.3) is 0 Å². The Morgan fingerprint density at radius 1 is 1.47 bits per heavy atom. The zero-order valence-corrected chi connectivity index (χ0v) is 9.92. The minimum absolute atomic E-state index is 0.00106. The summed E-state index contributed by atoms with van der Waals surface area (Å²) in [6.07, 6.45) is 0.488. The molecule has 2 aliphatic rings. The number of aromatic nitrogens is 2. The molecule has 0 bridgehead atoms. The van der Waals surface area contributed by atoms with Crippen molar-refractivity contribution in [3.05, 3.63) is 17.5 Å². The monoisotopic (exact) mass is 241 g/mol. The molecule has 1 aromatic rings. The summed E-state index contributed by atoms with van der Waals surface area (Å²) in [5, 5.41) is 7.63. The molecular formula is C12H17F2N3. The molecule has 2 fully saturated rings. The molecule has 3 rings (SSSR count). The van der Waals surface area contributed by atoms with E-state index in [-0.39, 0.29) is 18.9 Å². The molecule has 94 valence electrons. The van der Waals surface area contributed by atoms with Crippen molar-refractivity contribution in [2.75, 3.05) is 13.1 Å². The summed E-state index contributed by atoms with van der Waals surface area (Å²) in [5.74, 6) is -2.05. The third kappa shape index (κ3) is 1.97. The van der Waals surface area contributed by atoms with Crippen molar-refractivity contribution in [2.45, 2.75) is 44.1 Å². The first-order valence-corrected chi connectivity index (χ1v) is 6.20. The van der Waals surface area contributed by atoms with Gasteiger partial charge in [-0.25, -0.2) is 8.78 Å². The molecule has 1 unspecified atom stereocenters. The van der Waals surface area contributed by atoms with E-state index in [2.05, 4.69) is 10.4 Å². The van der Waals surface area contributed by atoms with Crippen LogP contribution in [0.2, 0.25) is 0 Å². The molecule has 3 nitrogen and oxygen atoms in total. The van der Waals surface area contributed by atoms with Crippen molar-refractivity contribution in [1.29, 1.82) is 0 Å². The van der Waals surface area contributed by atoms with E-state index in [1.165, 1.54) is 0 Å². The molecule has 5 heteroatoms. The smallest absolute Gasteiger partial charge is 0.250 e. The largest absolute Gasteiger partial charge is 0.315 e. The fourth-order valence-corrected chi connectivity index (χ4v) is 2.77. The van der Waals surface area contributed by atoms with Gasteiger partial charge in [0, 0.05) is 37.5 Å². The van der Waals surface area contributed by atoms with Gasteiger partial charge in [0.1, 0.15) is 0 Å². The molecule has 0 radical (unpaired) electrons. The lowest BCUT2D eigenvalue weighted by atomic mass is 9.98. The lowest BCUT2D eigenvalue weighted by molar-refractivity contribution is 0.00501. The molecule has 17 heavy (non-hydrogen) atoms. The molecular weight excluding hydrogens is 224 g/mol. The van der Waals surface area contributed by atoms with Crippen LogP contribution >= 0.6 is 0 Å². The Labute approximate surface area is 99.2 Å². The van der Waals surface area contributed by atoms with Crippen molar-refractivity contribution < 1.29 is 8.78 Å². The third-order valence-electron chi connectivity index (χ3n) is 3.81. The Bertz CT molecular complexity index is 423. The van der Waals surface area contributed by atoms with Gasteiger partial charge in [-0.2, -0.15) is 5.10 Å². The van der Waals surface area contributed by atoms with Crippen molar-refractivity contribution in [2.24, 2.45) is 0 Å². The van der Waals surface area contributed by atoms with Crippen LogP contribution in [0, 0.1) is 6.92 Å². The van der Waals surface area contributed by atoms with Gasteiger partial charge >= 0.3 is 0 Å². The third-order valence-corrected chi connectivity index (χ3v) is 3.81. The van der Waals surface area contributed by atoms with Crippen LogP contribution in [0.1, 0.15) is 42.6 Å². The Hall–Kier alpha value is -0.970. The second-order valence-corrected chi connectivity index (χ2v) is 5.26. The first-order valence-electron chi connectivity index (χ1n) is 6.20. The molecule has 0 aromatic carbocycles. The second kappa shape index (κ2) is 3.77. The molecule has 0 amide bonds. The van der Waals surface area contributed by atoms with Crippen molar-refractivity contribution in [3.8, 4) is 0 Å². The van der Waals surface area contributed by atoms with Crippen LogP contribution in [0.15, 0.2) is 6.07 Å². The Morgan fingerprint density at radius 2 is 2.24 bits per heavy atom. The molecule has 1 aliphatic heterocycles. The first-order chi connectivity index (χ1) is 8.05. The van der Waals surface area contributed by atoms with Gasteiger partial charge in [-0.15, -0.1) is 0 Å². The molecule has 1 aliphatic carbocycles. The normalized spacial score (nSPS) is 28.3. The second-order valence-electron chi connectivity index (χ2n) is 5.26. The minimum Gasteiger partial charge on any atom is -0.315 e. The van der Waals surface area contributed by atoms with Crippen LogP contribution in [0.3, 0.4) is 0 Å². The number of alkyl halides is 2. The maximum Gasteiger partial charge on any atom is 0.250 e. The van der Waals surface area contributed by atoms with Gasteiger partial charge in [-0.05, 0) is 19.4 Å². The summed E-state index contributed by atoms with van der Waals surface area (Å²) < 4.78 is 28.4. The van der Waals surface area contributed by atoms with Gasteiger partial charge in [0.2, 0.25) is 5.92 Å². The molecule has 1 aromatic heterocycles. The van der Waals surface area contributed by atoms with Gasteiger partial charge in [-0.3, -0.25) is 4.68 Å². The number of halogens is 2. The SMILES string of the molecule is Cc1cc(C2CNC2)n(C2CCC(F)(F)C2)n1. The van der Waals surface area contributed by atoms with Crippen LogP contribution in [-0.4, -0.2) is 28.8 Å². The molecule has 1 N–H and O–H groups in total. The van der Waals surface area contributed by atoms with Crippen molar-refractivity contribution in [1.82, 2.24) is 15.1 Å². The maximum atomic E-state index is 13.3. The van der Waals surface area contributed by atoms with Crippen molar-refractivity contribution in [3.63, 3.8) is 0 Å². The van der Waals surface area contributed by atoms with E-state index >= 15 is 0 Å². The van der Waals surface area contributed by atoms with E-state index in [1.807, 2.05) is 17.7 Å². The van der Waals surface area contributed by atoms with E-state index in [1.54, 1.807) is 0 Å². The molecule has 1 atom stereocenters. The van der Waals surface area contributed by atoms with Gasteiger partial charge in [0.05, 0.1) is 11.7 Å².